The monoisotopic (exact) mass is 1260 g/mol. The molecule has 0 saturated carbocycles. The van der Waals surface area contributed by atoms with Crippen LogP contribution in [-0.2, 0) is 41.5 Å². The van der Waals surface area contributed by atoms with Crippen molar-refractivity contribution in [3.8, 4) is 11.5 Å². The number of nitrogens with zero attached hydrogens (tertiary/aromatic N) is 2. The molecule has 3 fully saturated rings. The smallest absolute Gasteiger partial charge is 0.482 e. The number of para-hydroxylation sites is 2. The number of hydrogen-bond acceptors (Lipinski definition) is 12. The molecule has 6 aromatic carbocycles. The van der Waals surface area contributed by atoms with Gasteiger partial charge in [-0.15, -0.1) is 0 Å². The first kappa shape index (κ1) is 64.4. The first-order valence-electron chi connectivity index (χ1n) is 29.9. The van der Waals surface area contributed by atoms with Crippen LogP contribution in [0.3, 0.4) is 0 Å². The lowest BCUT2D eigenvalue weighted by Gasteiger charge is -2.43. The van der Waals surface area contributed by atoms with Gasteiger partial charge in [0.15, 0.2) is 0 Å². The number of halogens is 1. The molecular formula is C70H80BBrN4O12. The van der Waals surface area contributed by atoms with Gasteiger partial charge in [0, 0.05) is 78.8 Å². The highest BCUT2D eigenvalue weighted by atomic mass is 79.9. The van der Waals surface area contributed by atoms with Gasteiger partial charge >= 0.3 is 31.5 Å². The maximum Gasteiger partial charge on any atom is 0.495 e. The third-order valence-corrected chi connectivity index (χ3v) is 16.3. The molecular weight excluding hydrogens is 1180 g/mol. The van der Waals surface area contributed by atoms with Crippen molar-refractivity contribution in [1.29, 1.82) is 0 Å². The van der Waals surface area contributed by atoms with Gasteiger partial charge < -0.3 is 47.5 Å². The summed E-state index contributed by atoms with van der Waals surface area (Å²) in [6.07, 6.45) is 5.50. The van der Waals surface area contributed by atoms with Crippen molar-refractivity contribution in [3.05, 3.63) is 202 Å². The molecule has 16 nitrogen and oxygen atoms in total. The molecule has 6 aromatic rings. The van der Waals surface area contributed by atoms with Crippen LogP contribution in [0.2, 0.25) is 0 Å². The minimum absolute atomic E-state index is 0.258. The zero-order chi connectivity index (χ0) is 62.9. The Labute approximate surface area is 526 Å². The number of ether oxygens (including phenoxy) is 6. The predicted octanol–water partition coefficient (Wildman–Crippen LogP) is 16.1. The highest BCUT2D eigenvalue weighted by Crippen LogP contribution is 2.48. The highest BCUT2D eigenvalue weighted by Gasteiger charge is 2.54. The second kappa shape index (κ2) is 27.1. The van der Waals surface area contributed by atoms with E-state index < -0.39 is 52.9 Å². The van der Waals surface area contributed by atoms with Crippen LogP contribution in [-0.4, -0.2) is 101 Å². The molecule has 2 spiro atoms. The summed E-state index contributed by atoms with van der Waals surface area (Å²) in [6, 6.07) is 50.5. The highest BCUT2D eigenvalue weighted by molar-refractivity contribution is 9.10. The number of fused-ring (bicyclic) bond motifs is 2. The van der Waals surface area contributed by atoms with Crippen molar-refractivity contribution < 1.29 is 56.9 Å². The number of nitrogens with one attached hydrogen (secondary N) is 2. The molecule has 3 saturated heterocycles. The van der Waals surface area contributed by atoms with Crippen LogP contribution >= 0.6 is 15.9 Å². The number of carbonyl (C=O) groups excluding carboxylic acids is 4. The summed E-state index contributed by atoms with van der Waals surface area (Å²) in [6.45, 7) is 22.0. The number of benzene rings is 6. The molecule has 88 heavy (non-hydrogen) atoms. The molecule has 0 unspecified atom stereocenters. The van der Waals surface area contributed by atoms with Crippen molar-refractivity contribution in [2.75, 3.05) is 36.8 Å². The van der Waals surface area contributed by atoms with Crippen molar-refractivity contribution in [1.82, 2.24) is 9.80 Å². The molecule has 5 aliphatic heterocycles. The summed E-state index contributed by atoms with van der Waals surface area (Å²) >= 11 is 3.32. The Kier molecular flexibility index (Phi) is 19.9. The van der Waals surface area contributed by atoms with Gasteiger partial charge in [0.25, 0.3) is 0 Å². The quantitative estimate of drug-likeness (QED) is 0.109. The van der Waals surface area contributed by atoms with Crippen molar-refractivity contribution >= 4 is 69.8 Å². The van der Waals surface area contributed by atoms with Crippen molar-refractivity contribution in [3.63, 3.8) is 0 Å². The molecule has 0 aliphatic carbocycles. The van der Waals surface area contributed by atoms with E-state index in [9.17, 15) is 19.2 Å². The molecule has 0 bridgehead atoms. The van der Waals surface area contributed by atoms with Gasteiger partial charge in [-0.05, 0) is 158 Å². The van der Waals surface area contributed by atoms with Crippen LogP contribution in [0.1, 0.15) is 123 Å². The van der Waals surface area contributed by atoms with Crippen LogP contribution in [0.5, 0.6) is 11.5 Å². The fourth-order valence-electron chi connectivity index (χ4n) is 10.5. The van der Waals surface area contributed by atoms with Crippen LogP contribution in [0, 0.1) is 0 Å². The van der Waals surface area contributed by atoms with E-state index in [4.69, 9.17) is 37.7 Å². The Morgan fingerprint density at radius 3 is 1.34 bits per heavy atom. The maximum atomic E-state index is 12.7. The Bertz CT molecular complexity index is 3440. The van der Waals surface area contributed by atoms with E-state index >= 15 is 0 Å². The molecule has 0 atom stereocenters. The van der Waals surface area contributed by atoms with Crippen molar-refractivity contribution in [2.24, 2.45) is 0 Å². The number of amides is 4. The Balaban J connectivity index is 0.000000172. The zero-order valence-corrected chi connectivity index (χ0v) is 53.6. The van der Waals surface area contributed by atoms with Crippen LogP contribution in [0.15, 0.2) is 174 Å². The number of anilines is 2. The average Bonchev–Trinajstić information content (AvgIpc) is 1.76. The summed E-state index contributed by atoms with van der Waals surface area (Å²) in [5, 5.41) is 5.43. The van der Waals surface area contributed by atoms with Gasteiger partial charge in [-0.2, -0.15) is 0 Å². The molecule has 5 aliphatic rings. The summed E-state index contributed by atoms with van der Waals surface area (Å²) in [7, 11) is -0.471. The van der Waals surface area contributed by atoms with Crippen molar-refractivity contribution in [2.45, 2.75) is 142 Å². The first-order valence-corrected chi connectivity index (χ1v) is 30.7. The fourth-order valence-corrected chi connectivity index (χ4v) is 10.8. The Morgan fingerprint density at radius 2 is 0.898 bits per heavy atom. The minimum Gasteiger partial charge on any atom is -0.482 e. The minimum atomic E-state index is -0.566. The number of rotatable bonds is 8. The number of likely N-dealkylation sites (tertiary alicyclic amines) is 2. The molecule has 462 valence electrons. The number of carbonyl (C=O) groups is 4. The largest absolute Gasteiger partial charge is 0.495 e. The molecule has 0 aromatic heterocycles. The van der Waals surface area contributed by atoms with E-state index in [1.165, 1.54) is 0 Å². The lowest BCUT2D eigenvalue weighted by atomic mass is 9.69. The van der Waals surface area contributed by atoms with Crippen LogP contribution in [0.25, 0.3) is 11.0 Å². The molecule has 5 heterocycles. The predicted molar refractivity (Wildman–Crippen MR) is 346 cm³/mol. The summed E-state index contributed by atoms with van der Waals surface area (Å²) < 4.78 is 48.4. The van der Waals surface area contributed by atoms with E-state index in [1.807, 2.05) is 175 Å². The van der Waals surface area contributed by atoms with E-state index in [1.54, 1.807) is 21.9 Å². The SMILES string of the molecule is CC(C)(C)OC(=O)Nc1ccc(Br)cc1.CC(C)(C)OC(=O)Nc1ccc(C2=CC3(CCN(C(=O)OCc4ccccc4)CC3)Oc3ccccc32)cc1.CC1(C)OB(C2=CC3(CCN(C(=O)OCc4ccccc4)CC3)Oc3ccccc32)OC1(C)C. The van der Waals surface area contributed by atoms with Crippen LogP contribution < -0.4 is 20.1 Å². The molecule has 18 heteroatoms. The molecule has 0 radical (unpaired) electrons. The standard InChI is InChI=1S/C32H34N2O5.C27H32BNO5.C11H14BrNO2/c1-31(2,3)39-29(35)33-25-15-13-24(14-16-25)27-21-32(38-28-12-8-7-11-26(27)28)17-19-34(20-18-32)30(36)37-22-23-9-5-4-6-10-23;1-25(2)26(3,4)34-28(33-25)22-18-27(32-23-13-9-8-12-21(22)23)14-16-29(17-15-27)24(30)31-19-20-10-6-5-7-11-20;1-11(2,3)15-10(14)13-9-6-4-8(12)5-7-9/h4-16,21H,17-20,22H2,1-3H3,(H,33,35);5-13,18H,14-17,19H2,1-4H3;4-7H,1-3H3,(H,13,14). The second-order valence-corrected chi connectivity index (χ2v) is 26.4. The normalized spacial score (nSPS) is 17.5. The zero-order valence-electron chi connectivity index (χ0n) is 52.0. The summed E-state index contributed by atoms with van der Waals surface area (Å²) in [4.78, 5) is 52.4. The third kappa shape index (κ3) is 17.0. The van der Waals surface area contributed by atoms with Gasteiger partial charge in [0.1, 0.15) is 47.1 Å². The topological polar surface area (TPSA) is 173 Å². The van der Waals surface area contributed by atoms with Gasteiger partial charge in [-0.3, -0.25) is 10.6 Å². The van der Waals surface area contributed by atoms with Gasteiger partial charge in [-0.1, -0.05) is 125 Å². The average molecular weight is 1260 g/mol. The second-order valence-electron chi connectivity index (χ2n) is 25.5. The first-order chi connectivity index (χ1) is 41.7. The van der Waals surface area contributed by atoms with Gasteiger partial charge in [-0.25, -0.2) is 19.2 Å². The number of hydrogen-bond donors (Lipinski definition) is 2. The Hall–Kier alpha value is -8.06. The summed E-state index contributed by atoms with van der Waals surface area (Å²) in [5.74, 6) is 1.65. The fraction of sp³-hybridized carbons (Fsp3) is 0.371. The molecule has 4 amide bonds. The lowest BCUT2D eigenvalue weighted by Crippen LogP contribution is -2.50. The van der Waals surface area contributed by atoms with Gasteiger partial charge in [0.05, 0.1) is 11.2 Å². The van der Waals surface area contributed by atoms with Gasteiger partial charge in [0.2, 0.25) is 0 Å². The van der Waals surface area contributed by atoms with E-state index in [2.05, 4.69) is 78.5 Å². The Morgan fingerprint density at radius 1 is 0.511 bits per heavy atom. The van der Waals surface area contributed by atoms with Crippen LogP contribution in [0.4, 0.5) is 30.6 Å². The molecule has 2 N–H and O–H groups in total. The number of piperidine rings is 2. The molecule has 11 rings (SSSR count). The lowest BCUT2D eigenvalue weighted by molar-refractivity contribution is 0.00578. The van der Waals surface area contributed by atoms with E-state index in [-0.39, 0.29) is 25.4 Å². The third-order valence-electron chi connectivity index (χ3n) is 15.8. The van der Waals surface area contributed by atoms with E-state index in [0.29, 0.717) is 63.2 Å². The maximum absolute atomic E-state index is 12.7. The summed E-state index contributed by atoms with van der Waals surface area (Å²) in [5.41, 5.74) is 5.49. The van der Waals surface area contributed by atoms with E-state index in [0.717, 1.165) is 54.8 Å².